The number of halogens is 4. The first-order valence-electron chi connectivity index (χ1n) is 10.5. The molecule has 0 spiro atoms. The molecule has 32 heavy (non-hydrogen) atoms. The average Bonchev–Trinajstić information content (AvgIpc) is 2.89. The SMILES string of the molecule is CN(C)[P+]1(NC(C)(C)C)N(C)C(c2ccccc2)C(c2ccccc2)N1C.F[B-](F)(F)F. The van der Waals surface area contributed by atoms with E-state index in [4.69, 9.17) is 0 Å². The molecule has 2 unspecified atom stereocenters. The zero-order chi connectivity index (χ0) is 24.3. The Morgan fingerprint density at radius 3 is 1.34 bits per heavy atom. The van der Waals surface area contributed by atoms with Gasteiger partial charge in [0.25, 0.3) is 0 Å². The monoisotopic (exact) mass is 472 g/mol. The van der Waals surface area contributed by atoms with Gasteiger partial charge in [-0.1, -0.05) is 60.7 Å². The van der Waals surface area contributed by atoms with E-state index in [1.165, 1.54) is 11.1 Å². The van der Waals surface area contributed by atoms with Gasteiger partial charge in [0.05, 0.1) is 12.1 Å². The molecular formula is C22H34BF4N4P. The predicted molar refractivity (Wildman–Crippen MR) is 128 cm³/mol. The molecule has 0 aliphatic carbocycles. The lowest BCUT2D eigenvalue weighted by Gasteiger charge is -2.40. The summed E-state index contributed by atoms with van der Waals surface area (Å²) >= 11 is 0. The number of nitrogens with zero attached hydrogens (tertiary/aromatic N) is 3. The summed E-state index contributed by atoms with van der Waals surface area (Å²) in [7, 11) is 1.05. The Morgan fingerprint density at radius 2 is 1.09 bits per heavy atom. The van der Waals surface area contributed by atoms with Crippen LogP contribution in [-0.2, 0) is 0 Å². The van der Waals surface area contributed by atoms with Crippen molar-refractivity contribution in [2.75, 3.05) is 28.2 Å². The molecule has 0 radical (unpaired) electrons. The topological polar surface area (TPSA) is 21.8 Å². The first-order chi connectivity index (χ1) is 14.7. The Labute approximate surface area is 190 Å². The largest absolute Gasteiger partial charge is 0.673 e. The van der Waals surface area contributed by atoms with Gasteiger partial charge in [-0.3, -0.25) is 0 Å². The van der Waals surface area contributed by atoms with Crippen LogP contribution in [0.25, 0.3) is 0 Å². The van der Waals surface area contributed by atoms with E-state index in [1.807, 2.05) is 0 Å². The van der Waals surface area contributed by atoms with E-state index in [-0.39, 0.29) is 17.6 Å². The number of hydrogen-bond donors (Lipinski definition) is 1. The molecule has 2 atom stereocenters. The smallest absolute Gasteiger partial charge is 0.418 e. The third-order valence-electron chi connectivity index (χ3n) is 5.31. The fourth-order valence-electron chi connectivity index (χ4n) is 4.35. The molecule has 1 aliphatic rings. The second kappa shape index (κ2) is 10.2. The highest BCUT2D eigenvalue weighted by molar-refractivity contribution is 7.67. The number of hydrogen-bond acceptors (Lipinski definition) is 4. The molecule has 1 N–H and O–H groups in total. The van der Waals surface area contributed by atoms with E-state index in [0.29, 0.717) is 0 Å². The average molecular weight is 472 g/mol. The van der Waals surface area contributed by atoms with E-state index in [0.717, 1.165) is 0 Å². The van der Waals surface area contributed by atoms with Crippen molar-refractivity contribution in [1.82, 2.24) is 19.1 Å². The maximum Gasteiger partial charge on any atom is 0.673 e. The number of likely N-dealkylation sites (N-methyl/N-ethyl adjacent to an activating group) is 2. The molecule has 1 fully saturated rings. The van der Waals surface area contributed by atoms with E-state index in [2.05, 4.69) is 129 Å². The standard InChI is InChI=1S/C22H34N4P.BF4/c1-22(2,3)23-27(24(4)5)25(6)20(18-14-10-8-11-15-18)21(26(27)7)19-16-12-9-13-17-19;2-1(3,4)5/h8-17,20-21,23H,1-7H3;/q+1;-1. The minimum atomic E-state index is -6.00. The predicted octanol–water partition coefficient (Wildman–Crippen LogP) is 6.27. The van der Waals surface area contributed by atoms with E-state index in [1.54, 1.807) is 0 Å². The van der Waals surface area contributed by atoms with Crippen molar-refractivity contribution < 1.29 is 17.3 Å². The van der Waals surface area contributed by atoms with Gasteiger partial charge in [-0.2, -0.15) is 0 Å². The molecule has 4 nitrogen and oxygen atoms in total. The molecule has 178 valence electrons. The van der Waals surface area contributed by atoms with Crippen molar-refractivity contribution >= 4 is 15.1 Å². The van der Waals surface area contributed by atoms with Crippen LogP contribution in [0.4, 0.5) is 17.3 Å². The van der Waals surface area contributed by atoms with Crippen LogP contribution >= 0.6 is 7.87 Å². The summed E-state index contributed by atoms with van der Waals surface area (Å²) < 4.78 is 46.6. The molecule has 0 saturated carbocycles. The van der Waals surface area contributed by atoms with Crippen LogP contribution < -0.4 is 5.09 Å². The molecule has 1 saturated heterocycles. The highest BCUT2D eigenvalue weighted by Gasteiger charge is 2.66. The van der Waals surface area contributed by atoms with Crippen molar-refractivity contribution in [2.45, 2.75) is 38.4 Å². The number of nitrogens with one attached hydrogen (secondary N) is 1. The van der Waals surface area contributed by atoms with Crippen molar-refractivity contribution in [3.05, 3.63) is 71.8 Å². The first-order valence-corrected chi connectivity index (χ1v) is 12.1. The van der Waals surface area contributed by atoms with E-state index < -0.39 is 15.1 Å². The summed E-state index contributed by atoms with van der Waals surface area (Å²) in [5.41, 5.74) is 2.73. The van der Waals surface area contributed by atoms with Crippen LogP contribution in [0.3, 0.4) is 0 Å². The summed E-state index contributed by atoms with van der Waals surface area (Å²) in [6.45, 7) is 6.77. The maximum absolute atomic E-state index is 9.75. The second-order valence-corrected chi connectivity index (χ2v) is 12.6. The Balaban J connectivity index is 0.000000654. The summed E-state index contributed by atoms with van der Waals surface area (Å²) in [5, 5.41) is 4.02. The third-order valence-corrected chi connectivity index (χ3v) is 9.65. The van der Waals surface area contributed by atoms with Gasteiger partial charge in [-0.25, -0.2) is 0 Å². The van der Waals surface area contributed by atoms with Gasteiger partial charge in [0, 0.05) is 33.7 Å². The Hall–Kier alpha value is -1.51. The molecule has 0 aromatic heterocycles. The molecule has 1 heterocycles. The molecule has 2 aromatic carbocycles. The molecule has 0 amide bonds. The number of benzene rings is 2. The lowest BCUT2D eigenvalue weighted by Crippen LogP contribution is -2.48. The van der Waals surface area contributed by atoms with Gasteiger partial charge in [0.15, 0.2) is 0 Å². The van der Waals surface area contributed by atoms with Crippen LogP contribution in [-0.4, -0.2) is 55.0 Å². The molecule has 0 bridgehead atoms. The molecule has 1 aliphatic heterocycles. The third kappa shape index (κ3) is 6.30. The first kappa shape index (κ1) is 26.7. The summed E-state index contributed by atoms with van der Waals surface area (Å²) in [4.78, 5) is 0. The Morgan fingerprint density at radius 1 is 0.781 bits per heavy atom. The summed E-state index contributed by atoms with van der Waals surface area (Å²) in [6.07, 6.45) is 0. The minimum Gasteiger partial charge on any atom is -0.418 e. The van der Waals surface area contributed by atoms with Crippen LogP contribution in [0, 0.1) is 0 Å². The van der Waals surface area contributed by atoms with Crippen LogP contribution in [0.1, 0.15) is 44.0 Å². The lowest BCUT2D eigenvalue weighted by atomic mass is 9.93. The maximum atomic E-state index is 9.75. The van der Waals surface area contributed by atoms with Crippen molar-refractivity contribution in [2.24, 2.45) is 0 Å². The van der Waals surface area contributed by atoms with Crippen molar-refractivity contribution in [3.63, 3.8) is 0 Å². The van der Waals surface area contributed by atoms with Crippen LogP contribution in [0.15, 0.2) is 60.7 Å². The fraction of sp³-hybridized carbons (Fsp3) is 0.455. The highest BCUT2D eigenvalue weighted by atomic mass is 31.2. The molecule has 3 rings (SSSR count). The molecule has 2 aromatic rings. The summed E-state index contributed by atoms with van der Waals surface area (Å²) in [6, 6.07) is 22.4. The van der Waals surface area contributed by atoms with Gasteiger partial charge in [-0.05, 0) is 31.9 Å². The summed E-state index contributed by atoms with van der Waals surface area (Å²) in [5.74, 6) is 0. The number of rotatable bonds is 4. The van der Waals surface area contributed by atoms with Gasteiger partial charge in [0.1, 0.15) is 0 Å². The normalized spacial score (nSPS) is 25.0. The second-order valence-electron chi connectivity index (χ2n) is 9.13. The zero-order valence-corrected chi connectivity index (χ0v) is 20.7. The molecule has 10 heteroatoms. The van der Waals surface area contributed by atoms with E-state index in [9.17, 15) is 17.3 Å². The van der Waals surface area contributed by atoms with Gasteiger partial charge in [-0.15, -0.1) is 19.1 Å². The lowest BCUT2D eigenvalue weighted by molar-refractivity contribution is 0.316. The van der Waals surface area contributed by atoms with Gasteiger partial charge < -0.3 is 17.3 Å². The van der Waals surface area contributed by atoms with Crippen molar-refractivity contribution in [3.8, 4) is 0 Å². The molecular weight excluding hydrogens is 438 g/mol. The Kier molecular flexibility index (Phi) is 8.51. The zero-order valence-electron chi connectivity index (χ0n) is 19.8. The van der Waals surface area contributed by atoms with Gasteiger partial charge >= 0.3 is 15.1 Å². The van der Waals surface area contributed by atoms with Crippen molar-refractivity contribution in [1.29, 1.82) is 0 Å². The fourth-order valence-corrected chi connectivity index (χ4v) is 8.55. The quantitative estimate of drug-likeness (QED) is 0.322. The van der Waals surface area contributed by atoms with Crippen LogP contribution in [0.2, 0.25) is 0 Å². The van der Waals surface area contributed by atoms with Crippen LogP contribution in [0.5, 0.6) is 0 Å². The van der Waals surface area contributed by atoms with Gasteiger partial charge in [0.2, 0.25) is 0 Å². The minimum absolute atomic E-state index is 0.00732. The van der Waals surface area contributed by atoms with E-state index >= 15 is 0 Å². The Bertz CT molecular complexity index is 789. The highest BCUT2D eigenvalue weighted by Crippen LogP contribution is 2.74.